The Hall–Kier alpha value is -1.06. The van der Waals surface area contributed by atoms with Gasteiger partial charge in [-0.2, -0.15) is 0 Å². The molecule has 1 rings (SSSR count). The number of amides is 2. The number of rotatable bonds is 7. The maximum Gasteiger partial charge on any atom is 0.227 e. The first-order valence-corrected chi connectivity index (χ1v) is 9.35. The minimum Gasteiger partial charge on any atom is -0.353 e. The second-order valence-electron chi connectivity index (χ2n) is 8.08. The molecule has 1 aliphatic rings. The van der Waals surface area contributed by atoms with Crippen molar-refractivity contribution in [2.75, 3.05) is 13.1 Å². The lowest BCUT2D eigenvalue weighted by molar-refractivity contribution is -0.142. The van der Waals surface area contributed by atoms with Crippen LogP contribution in [0.15, 0.2) is 0 Å². The summed E-state index contributed by atoms with van der Waals surface area (Å²) in [6.45, 7) is 11.6. The third-order valence-corrected chi connectivity index (χ3v) is 4.67. The average Bonchev–Trinajstić information content (AvgIpc) is 2.50. The van der Waals surface area contributed by atoms with Gasteiger partial charge >= 0.3 is 0 Å². The van der Waals surface area contributed by atoms with Crippen LogP contribution in [0.5, 0.6) is 0 Å². The maximum atomic E-state index is 12.4. The van der Waals surface area contributed by atoms with E-state index in [9.17, 15) is 9.59 Å². The van der Waals surface area contributed by atoms with Gasteiger partial charge in [0.05, 0.1) is 0 Å². The van der Waals surface area contributed by atoms with E-state index < -0.39 is 0 Å². The van der Waals surface area contributed by atoms with Crippen molar-refractivity contribution < 1.29 is 9.59 Å². The second kappa shape index (κ2) is 9.29. The highest BCUT2D eigenvalue weighted by Crippen LogP contribution is 2.23. The normalized spacial score (nSPS) is 17.9. The molecule has 0 radical (unpaired) electrons. The lowest BCUT2D eigenvalue weighted by Crippen LogP contribution is -2.47. The van der Waals surface area contributed by atoms with Crippen molar-refractivity contribution in [3.63, 3.8) is 0 Å². The molecule has 4 nitrogen and oxygen atoms in total. The van der Waals surface area contributed by atoms with Crippen LogP contribution in [0.2, 0.25) is 0 Å². The Bertz CT molecular complexity index is 379. The standard InChI is InChI=1S/C19H36N2O2/c1-6-7-8-9-10-15(2)20-17(22)16-11-13-21(14-12-16)18(23)19(3,4)5/h15-16H,6-14H2,1-5H3,(H,20,22). The molecule has 4 heteroatoms. The minimum atomic E-state index is -0.331. The molecule has 0 spiro atoms. The average molecular weight is 325 g/mol. The number of likely N-dealkylation sites (tertiary alicyclic amines) is 1. The molecule has 0 bridgehead atoms. The van der Waals surface area contributed by atoms with Crippen LogP contribution in [-0.2, 0) is 9.59 Å². The van der Waals surface area contributed by atoms with Crippen LogP contribution >= 0.6 is 0 Å². The first-order valence-electron chi connectivity index (χ1n) is 9.35. The van der Waals surface area contributed by atoms with Crippen LogP contribution in [0.25, 0.3) is 0 Å². The zero-order chi connectivity index (χ0) is 17.5. The molecule has 1 N–H and O–H groups in total. The number of hydrogen-bond acceptors (Lipinski definition) is 2. The van der Waals surface area contributed by atoms with E-state index in [2.05, 4.69) is 19.2 Å². The molecule has 0 aromatic carbocycles. The highest BCUT2D eigenvalue weighted by molar-refractivity contribution is 5.82. The lowest BCUT2D eigenvalue weighted by atomic mass is 9.90. The summed E-state index contributed by atoms with van der Waals surface area (Å²) in [5.74, 6) is 0.439. The topological polar surface area (TPSA) is 49.4 Å². The number of piperidine rings is 1. The van der Waals surface area contributed by atoms with Crippen molar-refractivity contribution in [3.8, 4) is 0 Å². The molecular weight excluding hydrogens is 288 g/mol. The Labute approximate surface area is 142 Å². The van der Waals surface area contributed by atoms with Crippen LogP contribution < -0.4 is 5.32 Å². The quantitative estimate of drug-likeness (QED) is 0.725. The first-order chi connectivity index (χ1) is 10.8. The minimum absolute atomic E-state index is 0.0668. The van der Waals surface area contributed by atoms with Gasteiger partial charge in [0.15, 0.2) is 0 Å². The predicted octanol–water partition coefficient (Wildman–Crippen LogP) is 3.75. The molecule has 1 fully saturated rings. The summed E-state index contributed by atoms with van der Waals surface area (Å²) >= 11 is 0. The van der Waals surface area contributed by atoms with Gasteiger partial charge < -0.3 is 10.2 Å². The highest BCUT2D eigenvalue weighted by atomic mass is 16.2. The van der Waals surface area contributed by atoms with Gasteiger partial charge in [0.1, 0.15) is 0 Å². The van der Waals surface area contributed by atoms with E-state index in [0.717, 1.165) is 19.3 Å². The Morgan fingerprint density at radius 2 is 1.74 bits per heavy atom. The molecule has 0 aromatic heterocycles. The van der Waals surface area contributed by atoms with Gasteiger partial charge in [-0.1, -0.05) is 53.4 Å². The van der Waals surface area contributed by atoms with Crippen LogP contribution in [0.4, 0.5) is 0 Å². The molecule has 23 heavy (non-hydrogen) atoms. The Balaban J connectivity index is 2.31. The van der Waals surface area contributed by atoms with Crippen molar-refractivity contribution in [1.29, 1.82) is 0 Å². The maximum absolute atomic E-state index is 12.4. The number of carbonyl (C=O) groups excluding carboxylic acids is 2. The number of nitrogens with one attached hydrogen (secondary N) is 1. The van der Waals surface area contributed by atoms with Gasteiger partial charge in [0.2, 0.25) is 11.8 Å². The summed E-state index contributed by atoms with van der Waals surface area (Å²) in [7, 11) is 0. The van der Waals surface area contributed by atoms with E-state index in [-0.39, 0.29) is 29.2 Å². The van der Waals surface area contributed by atoms with Gasteiger partial charge in [-0.05, 0) is 26.2 Å². The number of hydrogen-bond donors (Lipinski definition) is 1. The SMILES string of the molecule is CCCCCCC(C)NC(=O)C1CCN(C(=O)C(C)(C)C)CC1. The molecule has 2 amide bonds. The van der Waals surface area contributed by atoms with Crippen molar-refractivity contribution in [3.05, 3.63) is 0 Å². The number of unbranched alkanes of at least 4 members (excludes halogenated alkanes) is 3. The summed E-state index contributed by atoms with van der Waals surface area (Å²) in [6.07, 6.45) is 7.60. The van der Waals surface area contributed by atoms with Gasteiger partial charge in [-0.25, -0.2) is 0 Å². The molecule has 0 aromatic rings. The lowest BCUT2D eigenvalue weighted by Gasteiger charge is -2.35. The van der Waals surface area contributed by atoms with E-state index >= 15 is 0 Å². The molecule has 1 aliphatic heterocycles. The third kappa shape index (κ3) is 6.92. The van der Waals surface area contributed by atoms with Crippen molar-refractivity contribution in [2.45, 2.75) is 85.6 Å². The van der Waals surface area contributed by atoms with Crippen LogP contribution in [0.1, 0.15) is 79.6 Å². The first kappa shape index (κ1) is 20.0. The van der Waals surface area contributed by atoms with E-state index in [4.69, 9.17) is 0 Å². The monoisotopic (exact) mass is 324 g/mol. The summed E-state index contributed by atoms with van der Waals surface area (Å²) in [5, 5.41) is 3.16. The van der Waals surface area contributed by atoms with E-state index in [1.54, 1.807) is 0 Å². The molecule has 1 saturated heterocycles. The van der Waals surface area contributed by atoms with Crippen molar-refractivity contribution >= 4 is 11.8 Å². The number of nitrogens with zero attached hydrogens (tertiary/aromatic N) is 1. The fraction of sp³-hybridized carbons (Fsp3) is 0.895. The number of carbonyl (C=O) groups is 2. The molecule has 1 atom stereocenters. The molecule has 0 saturated carbocycles. The van der Waals surface area contributed by atoms with Crippen molar-refractivity contribution in [1.82, 2.24) is 10.2 Å². The summed E-state index contributed by atoms with van der Waals surface area (Å²) in [6, 6.07) is 0.258. The molecule has 0 aliphatic carbocycles. The summed E-state index contributed by atoms with van der Waals surface area (Å²) in [5.41, 5.74) is -0.331. The van der Waals surface area contributed by atoms with E-state index in [1.165, 1.54) is 25.7 Å². The van der Waals surface area contributed by atoms with Crippen molar-refractivity contribution in [2.24, 2.45) is 11.3 Å². The van der Waals surface area contributed by atoms with Gasteiger partial charge in [-0.15, -0.1) is 0 Å². The summed E-state index contributed by atoms with van der Waals surface area (Å²) < 4.78 is 0. The van der Waals surface area contributed by atoms with Crippen LogP contribution in [-0.4, -0.2) is 35.8 Å². The third-order valence-electron chi connectivity index (χ3n) is 4.67. The van der Waals surface area contributed by atoms with Gasteiger partial charge in [-0.3, -0.25) is 9.59 Å². The van der Waals surface area contributed by atoms with E-state index in [0.29, 0.717) is 13.1 Å². The highest BCUT2D eigenvalue weighted by Gasteiger charge is 2.32. The second-order valence-corrected chi connectivity index (χ2v) is 8.08. The smallest absolute Gasteiger partial charge is 0.227 e. The van der Waals surface area contributed by atoms with Crippen LogP contribution in [0.3, 0.4) is 0 Å². The molecule has 1 heterocycles. The zero-order valence-electron chi connectivity index (χ0n) is 15.8. The fourth-order valence-electron chi connectivity index (χ4n) is 3.13. The largest absolute Gasteiger partial charge is 0.353 e. The Morgan fingerprint density at radius 3 is 2.26 bits per heavy atom. The molecule has 1 unspecified atom stereocenters. The van der Waals surface area contributed by atoms with Crippen LogP contribution in [0, 0.1) is 11.3 Å². The molecule has 134 valence electrons. The Morgan fingerprint density at radius 1 is 1.13 bits per heavy atom. The summed E-state index contributed by atoms with van der Waals surface area (Å²) in [4.78, 5) is 26.5. The molecular formula is C19H36N2O2. The van der Waals surface area contributed by atoms with Gasteiger partial charge in [0, 0.05) is 30.5 Å². The fourth-order valence-corrected chi connectivity index (χ4v) is 3.13. The Kier molecular flexibility index (Phi) is 8.07. The zero-order valence-corrected chi connectivity index (χ0v) is 15.8. The predicted molar refractivity (Wildman–Crippen MR) is 95.1 cm³/mol. The van der Waals surface area contributed by atoms with E-state index in [1.807, 2.05) is 25.7 Å². The van der Waals surface area contributed by atoms with Gasteiger partial charge in [0.25, 0.3) is 0 Å².